The summed E-state index contributed by atoms with van der Waals surface area (Å²) < 4.78 is 29.4. The van der Waals surface area contributed by atoms with E-state index in [-0.39, 0.29) is 15.6 Å². The second-order valence-electron chi connectivity index (χ2n) is 8.62. The fourth-order valence-corrected chi connectivity index (χ4v) is 6.34. The standard InChI is InChI=1S/C22H25N5O2S2/c1-14(2)16-6-8-17(9-7-16)31(28,29)22-21-23-20(26-11-4-5-15(3)13-26)19-18(10-12-30-19)27(21)25-24-22/h6-10,12,14-15H,4-5,11,13H2,1-3H3/t15-/m0/s1. The average Bonchev–Trinajstić information content (AvgIpc) is 3.40. The second-order valence-corrected chi connectivity index (χ2v) is 11.4. The van der Waals surface area contributed by atoms with Crippen LogP contribution in [0.25, 0.3) is 15.9 Å². The molecule has 7 nitrogen and oxygen atoms in total. The molecule has 1 aliphatic rings. The SMILES string of the molecule is CC(C)c1ccc(S(=O)(=O)c2nnn3c2nc(N2CCC[C@H](C)C2)c2sccc23)cc1. The molecule has 162 valence electrons. The van der Waals surface area contributed by atoms with Crippen LogP contribution in [-0.2, 0) is 9.84 Å². The second kappa shape index (κ2) is 7.56. The van der Waals surface area contributed by atoms with Crippen LogP contribution in [0.3, 0.4) is 0 Å². The van der Waals surface area contributed by atoms with Gasteiger partial charge >= 0.3 is 0 Å². The molecule has 1 atom stereocenters. The third-order valence-corrected chi connectivity index (χ3v) is 8.54. The van der Waals surface area contributed by atoms with E-state index in [0.29, 0.717) is 11.8 Å². The van der Waals surface area contributed by atoms with Gasteiger partial charge in [-0.25, -0.2) is 13.4 Å². The Hall–Kier alpha value is -2.52. The number of fused-ring (bicyclic) bond motifs is 3. The van der Waals surface area contributed by atoms with Crippen molar-refractivity contribution >= 4 is 42.9 Å². The molecule has 0 N–H and O–H groups in total. The van der Waals surface area contributed by atoms with E-state index in [9.17, 15) is 8.42 Å². The minimum Gasteiger partial charge on any atom is -0.355 e. The van der Waals surface area contributed by atoms with E-state index in [2.05, 4.69) is 36.0 Å². The maximum Gasteiger partial charge on any atom is 0.229 e. The normalized spacial score (nSPS) is 17.8. The van der Waals surface area contributed by atoms with E-state index in [0.717, 1.165) is 41.1 Å². The molecule has 4 aromatic rings. The molecule has 0 amide bonds. The van der Waals surface area contributed by atoms with E-state index >= 15 is 0 Å². The average molecular weight is 456 g/mol. The third kappa shape index (κ3) is 3.40. The number of nitrogens with zero attached hydrogens (tertiary/aromatic N) is 5. The van der Waals surface area contributed by atoms with Crippen molar-refractivity contribution in [3.8, 4) is 0 Å². The van der Waals surface area contributed by atoms with Gasteiger partial charge in [-0.2, -0.15) is 4.52 Å². The summed E-state index contributed by atoms with van der Waals surface area (Å²) in [6.07, 6.45) is 2.30. The zero-order valence-corrected chi connectivity index (χ0v) is 19.4. The number of rotatable bonds is 4. The van der Waals surface area contributed by atoms with Gasteiger partial charge in [0.2, 0.25) is 14.9 Å². The Morgan fingerprint density at radius 2 is 1.94 bits per heavy atom. The Bertz CT molecular complexity index is 1360. The molecule has 0 bridgehead atoms. The number of anilines is 1. The fourth-order valence-electron chi connectivity index (χ4n) is 4.22. The van der Waals surface area contributed by atoms with Crippen molar-refractivity contribution in [3.05, 3.63) is 41.3 Å². The van der Waals surface area contributed by atoms with Crippen molar-refractivity contribution in [2.24, 2.45) is 5.92 Å². The highest BCUT2D eigenvalue weighted by Crippen LogP contribution is 2.35. The molecule has 1 aromatic carbocycles. The number of benzene rings is 1. The molecule has 9 heteroatoms. The van der Waals surface area contributed by atoms with Crippen molar-refractivity contribution in [1.82, 2.24) is 19.8 Å². The number of thiophene rings is 1. The third-order valence-electron chi connectivity index (χ3n) is 5.97. The van der Waals surface area contributed by atoms with Gasteiger partial charge in [-0.1, -0.05) is 38.1 Å². The fraction of sp³-hybridized carbons (Fsp3) is 0.409. The van der Waals surface area contributed by atoms with Crippen LogP contribution in [0, 0.1) is 5.92 Å². The van der Waals surface area contributed by atoms with Gasteiger partial charge in [-0.15, -0.1) is 16.4 Å². The largest absolute Gasteiger partial charge is 0.355 e. The van der Waals surface area contributed by atoms with Crippen LogP contribution in [0.4, 0.5) is 5.82 Å². The van der Waals surface area contributed by atoms with E-state index < -0.39 is 9.84 Å². The van der Waals surface area contributed by atoms with Crippen LogP contribution in [0.5, 0.6) is 0 Å². The van der Waals surface area contributed by atoms with Crippen LogP contribution in [0.15, 0.2) is 45.6 Å². The first-order valence-electron chi connectivity index (χ1n) is 10.6. The highest BCUT2D eigenvalue weighted by molar-refractivity contribution is 7.91. The maximum absolute atomic E-state index is 13.4. The van der Waals surface area contributed by atoms with Gasteiger partial charge in [0.15, 0.2) is 11.5 Å². The van der Waals surface area contributed by atoms with Gasteiger partial charge in [0.25, 0.3) is 0 Å². The van der Waals surface area contributed by atoms with Gasteiger partial charge < -0.3 is 4.90 Å². The molecule has 3 aromatic heterocycles. The Morgan fingerprint density at radius 1 is 1.16 bits per heavy atom. The summed E-state index contributed by atoms with van der Waals surface area (Å²) in [7, 11) is -3.85. The summed E-state index contributed by atoms with van der Waals surface area (Å²) in [6.45, 7) is 8.23. The molecule has 0 radical (unpaired) electrons. The topological polar surface area (TPSA) is 80.5 Å². The highest BCUT2D eigenvalue weighted by atomic mass is 32.2. The smallest absolute Gasteiger partial charge is 0.229 e. The zero-order chi connectivity index (χ0) is 21.8. The van der Waals surface area contributed by atoms with Crippen LogP contribution < -0.4 is 4.90 Å². The molecule has 1 aliphatic heterocycles. The molecule has 1 fully saturated rings. The summed E-state index contributed by atoms with van der Waals surface area (Å²) in [4.78, 5) is 7.31. The van der Waals surface area contributed by atoms with Gasteiger partial charge in [-0.05, 0) is 53.8 Å². The van der Waals surface area contributed by atoms with Crippen molar-refractivity contribution in [1.29, 1.82) is 0 Å². The number of piperidine rings is 1. The minimum absolute atomic E-state index is 0.0933. The molecule has 0 saturated carbocycles. The summed E-state index contributed by atoms with van der Waals surface area (Å²) in [6, 6.07) is 8.95. The van der Waals surface area contributed by atoms with Crippen LogP contribution in [0.2, 0.25) is 0 Å². The van der Waals surface area contributed by atoms with Crippen molar-refractivity contribution in [2.75, 3.05) is 18.0 Å². The van der Waals surface area contributed by atoms with Gasteiger partial charge in [0.1, 0.15) is 0 Å². The number of hydrogen-bond acceptors (Lipinski definition) is 7. The summed E-state index contributed by atoms with van der Waals surface area (Å²) in [5.74, 6) is 1.74. The molecule has 0 spiro atoms. The van der Waals surface area contributed by atoms with E-state index in [1.54, 1.807) is 28.0 Å². The van der Waals surface area contributed by atoms with Crippen LogP contribution in [0.1, 0.15) is 45.1 Å². The Morgan fingerprint density at radius 3 is 2.65 bits per heavy atom. The summed E-state index contributed by atoms with van der Waals surface area (Å²) in [5.41, 5.74) is 2.21. The molecule has 0 aliphatic carbocycles. The monoisotopic (exact) mass is 455 g/mol. The molecule has 0 unspecified atom stereocenters. The lowest BCUT2D eigenvalue weighted by molar-refractivity contribution is 0.445. The molecule has 4 heterocycles. The van der Waals surface area contributed by atoms with E-state index in [1.165, 1.54) is 6.42 Å². The van der Waals surface area contributed by atoms with Crippen LogP contribution in [-0.4, -0.2) is 41.3 Å². The molecular weight excluding hydrogens is 430 g/mol. The molecule has 5 rings (SSSR count). The zero-order valence-electron chi connectivity index (χ0n) is 17.8. The number of sulfone groups is 1. The summed E-state index contributed by atoms with van der Waals surface area (Å²) >= 11 is 1.60. The predicted octanol–water partition coefficient (Wildman–Crippen LogP) is 4.53. The number of hydrogen-bond donors (Lipinski definition) is 0. The van der Waals surface area contributed by atoms with Crippen molar-refractivity contribution < 1.29 is 8.42 Å². The van der Waals surface area contributed by atoms with E-state index in [1.807, 2.05) is 23.6 Å². The first-order valence-corrected chi connectivity index (χ1v) is 12.9. The first-order chi connectivity index (χ1) is 14.9. The Kier molecular flexibility index (Phi) is 4.97. The Balaban J connectivity index is 1.67. The maximum atomic E-state index is 13.4. The molecular formula is C22H25N5O2S2. The lowest BCUT2D eigenvalue weighted by Gasteiger charge is -2.32. The van der Waals surface area contributed by atoms with Crippen molar-refractivity contribution in [2.45, 2.75) is 49.5 Å². The van der Waals surface area contributed by atoms with Crippen LogP contribution >= 0.6 is 11.3 Å². The lowest BCUT2D eigenvalue weighted by Crippen LogP contribution is -2.35. The predicted molar refractivity (Wildman–Crippen MR) is 123 cm³/mol. The summed E-state index contributed by atoms with van der Waals surface area (Å²) in [5, 5.41) is 10.1. The molecule has 1 saturated heterocycles. The van der Waals surface area contributed by atoms with Gasteiger partial charge in [0.05, 0.1) is 15.1 Å². The van der Waals surface area contributed by atoms with E-state index in [4.69, 9.17) is 4.98 Å². The first kappa shape index (κ1) is 20.4. The lowest BCUT2D eigenvalue weighted by atomic mass is 10.0. The number of aromatic nitrogens is 4. The van der Waals surface area contributed by atoms with Gasteiger partial charge in [-0.3, -0.25) is 0 Å². The molecule has 31 heavy (non-hydrogen) atoms. The highest BCUT2D eigenvalue weighted by Gasteiger charge is 2.29. The minimum atomic E-state index is -3.85. The Labute approximate surface area is 185 Å². The van der Waals surface area contributed by atoms with Gasteiger partial charge in [0, 0.05) is 13.1 Å². The quantitative estimate of drug-likeness (QED) is 0.450. The van der Waals surface area contributed by atoms with Crippen molar-refractivity contribution in [3.63, 3.8) is 0 Å².